The third-order valence-electron chi connectivity index (χ3n) is 3.99. The maximum Gasteiger partial charge on any atom is 0.00385 e. The molecule has 1 rings (SSSR count). The molecule has 1 aliphatic rings. The third kappa shape index (κ3) is 3.46. The molecule has 2 heteroatoms. The zero-order chi connectivity index (χ0) is 11.5. The Kier molecular flexibility index (Phi) is 4.60. The Bertz CT molecular complexity index is 179. The molecule has 0 aliphatic carbocycles. The summed E-state index contributed by atoms with van der Waals surface area (Å²) in [6.45, 7) is 10.8. The molecular formula is C13H28N2. The van der Waals surface area contributed by atoms with Crippen molar-refractivity contribution in [2.24, 2.45) is 5.41 Å². The van der Waals surface area contributed by atoms with Gasteiger partial charge in [-0.1, -0.05) is 6.92 Å². The molecule has 0 aromatic carbocycles. The van der Waals surface area contributed by atoms with Crippen molar-refractivity contribution >= 4 is 0 Å². The van der Waals surface area contributed by atoms with Crippen LogP contribution in [0.5, 0.6) is 0 Å². The first-order valence-corrected chi connectivity index (χ1v) is 6.38. The van der Waals surface area contributed by atoms with Crippen LogP contribution >= 0.6 is 0 Å². The van der Waals surface area contributed by atoms with Gasteiger partial charge in [0, 0.05) is 12.6 Å². The summed E-state index contributed by atoms with van der Waals surface area (Å²) in [5.74, 6) is 0. The van der Waals surface area contributed by atoms with E-state index in [-0.39, 0.29) is 0 Å². The van der Waals surface area contributed by atoms with E-state index in [9.17, 15) is 0 Å². The van der Waals surface area contributed by atoms with Crippen LogP contribution in [-0.2, 0) is 0 Å². The van der Waals surface area contributed by atoms with Crippen LogP contribution in [0.3, 0.4) is 0 Å². The van der Waals surface area contributed by atoms with Gasteiger partial charge >= 0.3 is 0 Å². The maximum absolute atomic E-state index is 2.61. The SMILES string of the molecule is CCC1(CN(C)C)CCN(C(C)C)CC1. The van der Waals surface area contributed by atoms with E-state index in [2.05, 4.69) is 44.7 Å². The lowest BCUT2D eigenvalue weighted by molar-refractivity contribution is 0.0581. The van der Waals surface area contributed by atoms with E-state index < -0.39 is 0 Å². The van der Waals surface area contributed by atoms with Gasteiger partial charge in [-0.15, -0.1) is 0 Å². The van der Waals surface area contributed by atoms with Crippen LogP contribution in [0, 0.1) is 5.41 Å². The van der Waals surface area contributed by atoms with E-state index in [4.69, 9.17) is 0 Å². The second-order valence-electron chi connectivity index (χ2n) is 5.72. The summed E-state index contributed by atoms with van der Waals surface area (Å²) in [5.41, 5.74) is 0.592. The molecular weight excluding hydrogens is 184 g/mol. The molecule has 0 aromatic rings. The summed E-state index contributed by atoms with van der Waals surface area (Å²) in [6.07, 6.45) is 4.08. The highest BCUT2D eigenvalue weighted by Gasteiger charge is 2.33. The zero-order valence-corrected chi connectivity index (χ0v) is 11.2. The first kappa shape index (κ1) is 13.0. The van der Waals surface area contributed by atoms with Crippen molar-refractivity contribution in [2.75, 3.05) is 33.7 Å². The average Bonchev–Trinajstić information content (AvgIpc) is 2.17. The molecule has 0 spiro atoms. The minimum absolute atomic E-state index is 0.592. The quantitative estimate of drug-likeness (QED) is 0.706. The lowest BCUT2D eigenvalue weighted by Crippen LogP contribution is -2.46. The first-order valence-electron chi connectivity index (χ1n) is 6.38. The second kappa shape index (κ2) is 5.31. The Balaban J connectivity index is 2.50. The van der Waals surface area contributed by atoms with Crippen LogP contribution in [0.2, 0.25) is 0 Å². The van der Waals surface area contributed by atoms with Crippen LogP contribution in [0.1, 0.15) is 40.0 Å². The van der Waals surface area contributed by atoms with Gasteiger partial charge in [-0.25, -0.2) is 0 Å². The molecule has 1 saturated heterocycles. The van der Waals surface area contributed by atoms with E-state index >= 15 is 0 Å². The van der Waals surface area contributed by atoms with Gasteiger partial charge in [0.2, 0.25) is 0 Å². The summed E-state index contributed by atoms with van der Waals surface area (Å²) in [4.78, 5) is 4.97. The first-order chi connectivity index (χ1) is 6.99. The highest BCUT2D eigenvalue weighted by Crippen LogP contribution is 2.35. The molecule has 1 fully saturated rings. The van der Waals surface area contributed by atoms with Crippen LogP contribution in [-0.4, -0.2) is 49.6 Å². The Labute approximate surface area is 95.6 Å². The van der Waals surface area contributed by atoms with E-state index in [0.717, 1.165) is 6.04 Å². The summed E-state index contributed by atoms with van der Waals surface area (Å²) in [5, 5.41) is 0. The fourth-order valence-corrected chi connectivity index (χ4v) is 2.81. The number of hydrogen-bond acceptors (Lipinski definition) is 2. The largest absolute Gasteiger partial charge is 0.309 e. The van der Waals surface area contributed by atoms with Crippen LogP contribution < -0.4 is 0 Å². The normalized spacial score (nSPS) is 22.6. The molecule has 2 nitrogen and oxygen atoms in total. The highest BCUT2D eigenvalue weighted by molar-refractivity contribution is 4.87. The van der Waals surface area contributed by atoms with Crippen molar-refractivity contribution in [1.29, 1.82) is 0 Å². The molecule has 0 unspecified atom stereocenters. The summed E-state index contributed by atoms with van der Waals surface area (Å²) in [7, 11) is 4.40. The monoisotopic (exact) mass is 212 g/mol. The van der Waals surface area contributed by atoms with Gasteiger partial charge in [0.1, 0.15) is 0 Å². The van der Waals surface area contributed by atoms with Gasteiger partial charge in [0.25, 0.3) is 0 Å². The molecule has 15 heavy (non-hydrogen) atoms. The Morgan fingerprint density at radius 3 is 2.07 bits per heavy atom. The van der Waals surface area contributed by atoms with Crippen LogP contribution in [0.4, 0.5) is 0 Å². The molecule has 0 saturated carbocycles. The van der Waals surface area contributed by atoms with Crippen molar-refractivity contribution in [3.05, 3.63) is 0 Å². The number of likely N-dealkylation sites (tertiary alicyclic amines) is 1. The zero-order valence-electron chi connectivity index (χ0n) is 11.2. The van der Waals surface area contributed by atoms with Crippen molar-refractivity contribution in [3.8, 4) is 0 Å². The molecule has 0 radical (unpaired) electrons. The van der Waals surface area contributed by atoms with E-state index in [1.54, 1.807) is 0 Å². The number of piperidine rings is 1. The average molecular weight is 212 g/mol. The van der Waals surface area contributed by atoms with Gasteiger partial charge in [0.15, 0.2) is 0 Å². The van der Waals surface area contributed by atoms with Gasteiger partial charge in [0.05, 0.1) is 0 Å². The minimum Gasteiger partial charge on any atom is -0.309 e. The lowest BCUT2D eigenvalue weighted by atomic mass is 9.75. The van der Waals surface area contributed by atoms with Gasteiger partial charge in [-0.3, -0.25) is 0 Å². The number of hydrogen-bond donors (Lipinski definition) is 0. The van der Waals surface area contributed by atoms with E-state index in [1.807, 2.05) is 0 Å². The predicted octanol–water partition coefficient (Wildman–Crippen LogP) is 2.45. The Morgan fingerprint density at radius 2 is 1.73 bits per heavy atom. The topological polar surface area (TPSA) is 6.48 Å². The van der Waals surface area contributed by atoms with Crippen molar-refractivity contribution in [3.63, 3.8) is 0 Å². The number of rotatable bonds is 4. The minimum atomic E-state index is 0.592. The summed E-state index contributed by atoms with van der Waals surface area (Å²) >= 11 is 0. The van der Waals surface area contributed by atoms with Crippen molar-refractivity contribution < 1.29 is 0 Å². The molecule has 1 heterocycles. The van der Waals surface area contributed by atoms with Crippen molar-refractivity contribution in [1.82, 2.24) is 9.80 Å². The standard InChI is InChI=1S/C13H28N2/c1-6-13(11-14(4)5)7-9-15(10-8-13)12(2)3/h12H,6-11H2,1-5H3. The molecule has 0 N–H and O–H groups in total. The maximum atomic E-state index is 2.61. The predicted molar refractivity (Wildman–Crippen MR) is 67.2 cm³/mol. The summed E-state index contributed by atoms with van der Waals surface area (Å²) in [6, 6.07) is 0.721. The third-order valence-corrected chi connectivity index (χ3v) is 3.99. The van der Waals surface area contributed by atoms with Crippen molar-refractivity contribution in [2.45, 2.75) is 46.1 Å². The van der Waals surface area contributed by atoms with Gasteiger partial charge in [-0.2, -0.15) is 0 Å². The van der Waals surface area contributed by atoms with Crippen LogP contribution in [0.25, 0.3) is 0 Å². The molecule has 0 aromatic heterocycles. The second-order valence-corrected chi connectivity index (χ2v) is 5.72. The van der Waals surface area contributed by atoms with Gasteiger partial charge in [-0.05, 0) is 65.7 Å². The fourth-order valence-electron chi connectivity index (χ4n) is 2.81. The fraction of sp³-hybridized carbons (Fsp3) is 1.00. The van der Waals surface area contributed by atoms with Crippen LogP contribution in [0.15, 0.2) is 0 Å². The highest BCUT2D eigenvalue weighted by atomic mass is 15.2. The molecule has 0 amide bonds. The molecule has 0 atom stereocenters. The Hall–Kier alpha value is -0.0800. The molecule has 1 aliphatic heterocycles. The van der Waals surface area contributed by atoms with E-state index in [0.29, 0.717) is 5.41 Å². The lowest BCUT2D eigenvalue weighted by Gasteiger charge is -2.44. The van der Waals surface area contributed by atoms with Gasteiger partial charge < -0.3 is 9.80 Å². The summed E-state index contributed by atoms with van der Waals surface area (Å²) < 4.78 is 0. The smallest absolute Gasteiger partial charge is 0.00385 e. The number of nitrogens with zero attached hydrogens (tertiary/aromatic N) is 2. The Morgan fingerprint density at radius 1 is 1.20 bits per heavy atom. The molecule has 0 bridgehead atoms. The molecule has 90 valence electrons. The van der Waals surface area contributed by atoms with E-state index in [1.165, 1.54) is 38.9 Å².